The predicted molar refractivity (Wildman–Crippen MR) is 98.4 cm³/mol. The summed E-state index contributed by atoms with van der Waals surface area (Å²) in [7, 11) is 0. The van der Waals surface area contributed by atoms with Crippen LogP contribution in [0.5, 0.6) is 0 Å². The number of tetrazole rings is 1. The maximum atomic E-state index is 12.2. The zero-order valence-electron chi connectivity index (χ0n) is 14.1. The van der Waals surface area contributed by atoms with E-state index in [9.17, 15) is 4.79 Å². The zero-order chi connectivity index (χ0) is 17.6. The van der Waals surface area contributed by atoms with Gasteiger partial charge in [0.15, 0.2) is 0 Å². The van der Waals surface area contributed by atoms with E-state index >= 15 is 0 Å². The van der Waals surface area contributed by atoms with Crippen molar-refractivity contribution < 1.29 is 4.79 Å². The van der Waals surface area contributed by atoms with Crippen LogP contribution in [-0.4, -0.2) is 26.1 Å². The minimum Gasteiger partial charge on any atom is -0.324 e. The topological polar surface area (TPSA) is 72.7 Å². The average Bonchev–Trinajstić information content (AvgIpc) is 3.05. The molecule has 2 aromatic carbocycles. The molecule has 0 radical (unpaired) electrons. The fraction of sp³-hybridized carbons (Fsp3) is 0.222. The van der Waals surface area contributed by atoms with E-state index in [2.05, 4.69) is 32.9 Å². The summed E-state index contributed by atoms with van der Waals surface area (Å²) in [5.74, 6) is 0.593. The molecule has 25 heavy (non-hydrogen) atoms. The Morgan fingerprint density at radius 2 is 1.80 bits per heavy atom. The monoisotopic (exact) mass is 353 g/mol. The van der Waals surface area contributed by atoms with Crippen molar-refractivity contribution in [2.24, 2.45) is 0 Å². The Hall–Kier alpha value is -2.67. The number of thioether (sulfide) groups is 1. The molecule has 0 bridgehead atoms. The standard InChI is InChI=1S/C18H19N5OS/c1-13-7-6-8-14(2)17(13)19-16(24)11-23-21-18(20-22-23)25-12-15-9-4-3-5-10-15/h3-10H,11-12H2,1-2H3,(H,19,24). The Kier molecular flexibility index (Phi) is 5.45. The summed E-state index contributed by atoms with van der Waals surface area (Å²) >= 11 is 1.49. The molecule has 0 aliphatic heterocycles. The van der Waals surface area contributed by atoms with E-state index in [4.69, 9.17) is 0 Å². The highest BCUT2D eigenvalue weighted by atomic mass is 32.2. The lowest BCUT2D eigenvalue weighted by molar-refractivity contribution is -0.117. The molecule has 0 aliphatic carbocycles. The van der Waals surface area contributed by atoms with Crippen LogP contribution >= 0.6 is 11.8 Å². The van der Waals surface area contributed by atoms with E-state index in [1.807, 2.05) is 50.2 Å². The number of hydrogen-bond donors (Lipinski definition) is 1. The van der Waals surface area contributed by atoms with Gasteiger partial charge >= 0.3 is 0 Å². The van der Waals surface area contributed by atoms with Gasteiger partial charge in [0.1, 0.15) is 6.54 Å². The van der Waals surface area contributed by atoms with Crippen molar-refractivity contribution in [2.75, 3.05) is 5.32 Å². The first-order chi connectivity index (χ1) is 12.1. The first kappa shape index (κ1) is 17.2. The van der Waals surface area contributed by atoms with Gasteiger partial charge in [0.2, 0.25) is 11.1 Å². The van der Waals surface area contributed by atoms with Crippen LogP contribution in [0.4, 0.5) is 5.69 Å². The summed E-state index contributed by atoms with van der Waals surface area (Å²) in [6.45, 7) is 3.97. The van der Waals surface area contributed by atoms with Gasteiger partial charge in [-0.25, -0.2) is 0 Å². The molecule has 0 atom stereocenters. The van der Waals surface area contributed by atoms with Crippen LogP contribution < -0.4 is 5.32 Å². The van der Waals surface area contributed by atoms with Crippen LogP contribution in [0, 0.1) is 13.8 Å². The molecule has 3 aromatic rings. The fourth-order valence-corrected chi connectivity index (χ4v) is 3.13. The summed E-state index contributed by atoms with van der Waals surface area (Å²) in [5.41, 5.74) is 4.08. The minimum absolute atomic E-state index is 0.0344. The summed E-state index contributed by atoms with van der Waals surface area (Å²) < 4.78 is 0. The second-order valence-corrected chi connectivity index (χ2v) is 6.63. The van der Waals surface area contributed by atoms with Crippen molar-refractivity contribution in [2.45, 2.75) is 31.3 Å². The third-order valence-electron chi connectivity index (χ3n) is 3.68. The molecule has 1 N–H and O–H groups in total. The molecule has 0 aliphatic rings. The molecule has 128 valence electrons. The molecule has 3 rings (SSSR count). The lowest BCUT2D eigenvalue weighted by Gasteiger charge is -2.10. The Labute approximate surface area is 150 Å². The quantitative estimate of drug-likeness (QED) is 0.689. The number of amides is 1. The van der Waals surface area contributed by atoms with Crippen molar-refractivity contribution in [1.29, 1.82) is 0 Å². The van der Waals surface area contributed by atoms with Gasteiger partial charge in [0, 0.05) is 11.4 Å². The molecular weight excluding hydrogens is 334 g/mol. The number of benzene rings is 2. The maximum Gasteiger partial charge on any atom is 0.248 e. The van der Waals surface area contributed by atoms with Crippen LogP contribution in [0.3, 0.4) is 0 Å². The lowest BCUT2D eigenvalue weighted by Crippen LogP contribution is -2.21. The number of rotatable bonds is 6. The van der Waals surface area contributed by atoms with Crippen LogP contribution in [0.25, 0.3) is 0 Å². The third-order valence-corrected chi connectivity index (χ3v) is 4.57. The summed E-state index contributed by atoms with van der Waals surface area (Å²) in [5, 5.41) is 15.7. The van der Waals surface area contributed by atoms with Gasteiger partial charge in [0.05, 0.1) is 0 Å². The highest BCUT2D eigenvalue weighted by Gasteiger charge is 2.11. The van der Waals surface area contributed by atoms with Crippen molar-refractivity contribution in [1.82, 2.24) is 20.2 Å². The summed E-state index contributed by atoms with van der Waals surface area (Å²) in [4.78, 5) is 13.5. The second-order valence-electron chi connectivity index (χ2n) is 5.69. The van der Waals surface area contributed by atoms with Crippen molar-refractivity contribution in [3.63, 3.8) is 0 Å². The molecule has 1 aromatic heterocycles. The van der Waals surface area contributed by atoms with Crippen LogP contribution in [0.1, 0.15) is 16.7 Å². The van der Waals surface area contributed by atoms with E-state index in [0.29, 0.717) is 5.16 Å². The number of aromatic nitrogens is 4. The van der Waals surface area contributed by atoms with Gasteiger partial charge in [0.25, 0.3) is 0 Å². The molecule has 0 saturated carbocycles. The Bertz CT molecular complexity index is 843. The fourth-order valence-electron chi connectivity index (χ4n) is 2.39. The van der Waals surface area contributed by atoms with Gasteiger partial charge in [-0.3, -0.25) is 4.79 Å². The normalized spacial score (nSPS) is 10.6. The number of anilines is 1. The highest BCUT2D eigenvalue weighted by molar-refractivity contribution is 7.98. The predicted octanol–water partition coefficient (Wildman–Crippen LogP) is 3.22. The van der Waals surface area contributed by atoms with Gasteiger partial charge < -0.3 is 5.32 Å². The number of carbonyl (C=O) groups is 1. The first-order valence-electron chi connectivity index (χ1n) is 7.92. The molecule has 0 fully saturated rings. The molecular formula is C18H19N5OS. The van der Waals surface area contributed by atoms with Gasteiger partial charge in [-0.1, -0.05) is 60.3 Å². The van der Waals surface area contributed by atoms with Gasteiger partial charge in [-0.2, -0.15) is 4.80 Å². The van der Waals surface area contributed by atoms with Crippen molar-refractivity contribution in [3.05, 3.63) is 65.2 Å². The first-order valence-corrected chi connectivity index (χ1v) is 8.91. The number of carbonyl (C=O) groups excluding carboxylic acids is 1. The van der Waals surface area contributed by atoms with Crippen LogP contribution in [0.2, 0.25) is 0 Å². The minimum atomic E-state index is -0.172. The van der Waals surface area contributed by atoms with Crippen molar-refractivity contribution >= 4 is 23.4 Å². The number of nitrogens with one attached hydrogen (secondary N) is 1. The van der Waals surface area contributed by atoms with E-state index < -0.39 is 0 Å². The average molecular weight is 353 g/mol. The maximum absolute atomic E-state index is 12.2. The molecule has 0 saturated heterocycles. The van der Waals surface area contributed by atoms with Gasteiger partial charge in [-0.05, 0) is 35.8 Å². The summed E-state index contributed by atoms with van der Waals surface area (Å²) in [6, 6.07) is 16.0. The number of aryl methyl sites for hydroxylation is 2. The van der Waals surface area contributed by atoms with Crippen LogP contribution in [0.15, 0.2) is 53.7 Å². The smallest absolute Gasteiger partial charge is 0.248 e. The van der Waals surface area contributed by atoms with E-state index in [0.717, 1.165) is 22.6 Å². The Morgan fingerprint density at radius 1 is 1.08 bits per heavy atom. The molecule has 1 heterocycles. The molecule has 6 nitrogen and oxygen atoms in total. The zero-order valence-corrected chi connectivity index (χ0v) is 15.0. The Morgan fingerprint density at radius 3 is 2.52 bits per heavy atom. The molecule has 7 heteroatoms. The van der Waals surface area contributed by atoms with Gasteiger partial charge in [-0.15, -0.1) is 10.2 Å². The van der Waals surface area contributed by atoms with E-state index in [1.54, 1.807) is 0 Å². The SMILES string of the molecule is Cc1cccc(C)c1NC(=O)Cn1nnc(SCc2ccccc2)n1. The second kappa shape index (κ2) is 7.94. The number of nitrogens with zero attached hydrogens (tertiary/aromatic N) is 4. The van der Waals surface area contributed by atoms with E-state index in [1.165, 1.54) is 22.1 Å². The largest absolute Gasteiger partial charge is 0.324 e. The molecule has 1 amide bonds. The lowest BCUT2D eigenvalue weighted by atomic mass is 10.1. The highest BCUT2D eigenvalue weighted by Crippen LogP contribution is 2.20. The molecule has 0 spiro atoms. The third kappa shape index (κ3) is 4.67. The van der Waals surface area contributed by atoms with Crippen LogP contribution in [-0.2, 0) is 17.1 Å². The van der Waals surface area contributed by atoms with Crippen molar-refractivity contribution in [3.8, 4) is 0 Å². The summed E-state index contributed by atoms with van der Waals surface area (Å²) in [6.07, 6.45) is 0. The molecule has 0 unspecified atom stereocenters. The number of para-hydroxylation sites is 1. The Balaban J connectivity index is 1.56. The number of hydrogen-bond acceptors (Lipinski definition) is 5. The van der Waals surface area contributed by atoms with E-state index in [-0.39, 0.29) is 12.5 Å².